The van der Waals surface area contributed by atoms with Crippen molar-refractivity contribution in [3.05, 3.63) is 47.5 Å². The minimum atomic E-state index is -4.34. The zero-order valence-electron chi connectivity index (χ0n) is 15.5. The number of nitrogens with zero attached hydrogens (tertiary/aromatic N) is 1. The van der Waals surface area contributed by atoms with Crippen LogP contribution in [0.3, 0.4) is 0 Å². The van der Waals surface area contributed by atoms with Crippen LogP contribution in [0.4, 0.5) is 13.2 Å². The number of aromatic nitrogens is 1. The van der Waals surface area contributed by atoms with Gasteiger partial charge in [0.25, 0.3) is 5.91 Å². The molecule has 152 valence electrons. The fourth-order valence-electron chi connectivity index (χ4n) is 3.32. The second kappa shape index (κ2) is 9.23. The molecule has 0 spiro atoms. The van der Waals surface area contributed by atoms with Crippen molar-refractivity contribution in [3.63, 3.8) is 0 Å². The van der Waals surface area contributed by atoms with Crippen LogP contribution in [0.2, 0.25) is 0 Å². The van der Waals surface area contributed by atoms with Gasteiger partial charge in [-0.15, -0.1) is 0 Å². The Morgan fingerprint density at radius 2 is 2.00 bits per heavy atom. The van der Waals surface area contributed by atoms with Crippen LogP contribution in [-0.2, 0) is 4.74 Å². The highest BCUT2D eigenvalue weighted by molar-refractivity contribution is 5.94. The summed E-state index contributed by atoms with van der Waals surface area (Å²) < 4.78 is 41.5. The van der Waals surface area contributed by atoms with E-state index < -0.39 is 12.8 Å². The normalized spacial score (nSPS) is 18.2. The Balaban J connectivity index is 1.59. The number of ether oxygens (including phenoxy) is 1. The summed E-state index contributed by atoms with van der Waals surface area (Å²) in [4.78, 5) is 16.6. The number of amides is 1. The zero-order valence-corrected chi connectivity index (χ0v) is 15.5. The first kappa shape index (κ1) is 20.4. The Morgan fingerprint density at radius 3 is 2.68 bits per heavy atom. The van der Waals surface area contributed by atoms with E-state index in [-0.39, 0.29) is 5.91 Å². The number of hydrogen-bond donors (Lipinski definition) is 2. The fourth-order valence-corrected chi connectivity index (χ4v) is 3.32. The van der Waals surface area contributed by atoms with Gasteiger partial charge in [0.2, 0.25) is 0 Å². The molecule has 5 nitrogen and oxygen atoms in total. The van der Waals surface area contributed by atoms with Crippen LogP contribution in [-0.4, -0.2) is 43.3 Å². The molecule has 0 unspecified atom stereocenters. The lowest BCUT2D eigenvalue weighted by molar-refractivity contribution is -0.165. The number of alkyl halides is 3. The van der Waals surface area contributed by atoms with Crippen molar-refractivity contribution in [2.75, 3.05) is 26.2 Å². The summed E-state index contributed by atoms with van der Waals surface area (Å²) >= 11 is 0. The van der Waals surface area contributed by atoms with E-state index in [1.807, 2.05) is 0 Å². The van der Waals surface area contributed by atoms with Crippen LogP contribution in [0.15, 0.2) is 36.4 Å². The predicted octanol–water partition coefficient (Wildman–Crippen LogP) is 3.45. The van der Waals surface area contributed by atoms with Gasteiger partial charge in [-0.25, -0.2) is 0 Å². The van der Waals surface area contributed by atoms with Crippen LogP contribution in [0.1, 0.15) is 41.6 Å². The van der Waals surface area contributed by atoms with Gasteiger partial charge < -0.3 is 15.4 Å². The molecule has 1 saturated heterocycles. The number of allylic oxidation sites excluding steroid dienone is 4. The number of hydrogen-bond acceptors (Lipinski definition) is 4. The molecule has 0 radical (unpaired) electrons. The number of nitrogens with one attached hydrogen (secondary N) is 2. The lowest BCUT2D eigenvalue weighted by Crippen LogP contribution is -2.36. The van der Waals surface area contributed by atoms with Crippen molar-refractivity contribution in [3.8, 4) is 0 Å². The zero-order chi connectivity index (χ0) is 20.0. The maximum absolute atomic E-state index is 12.4. The third kappa shape index (κ3) is 6.09. The van der Waals surface area contributed by atoms with Crippen molar-refractivity contribution in [1.82, 2.24) is 15.6 Å². The number of halogens is 3. The number of piperidine rings is 1. The van der Waals surface area contributed by atoms with Crippen LogP contribution >= 0.6 is 0 Å². The summed E-state index contributed by atoms with van der Waals surface area (Å²) in [6.07, 6.45) is 5.14. The molecular formula is C20H24F3N3O2. The Bertz CT molecular complexity index is 753. The number of pyridine rings is 1. The summed E-state index contributed by atoms with van der Waals surface area (Å²) in [6.45, 7) is 1.33. The third-order valence-electron chi connectivity index (χ3n) is 4.91. The molecule has 2 N–H and O–H groups in total. The van der Waals surface area contributed by atoms with Gasteiger partial charge in [-0.2, -0.15) is 13.2 Å². The molecule has 1 aliphatic heterocycles. The molecular weight excluding hydrogens is 371 g/mol. The monoisotopic (exact) mass is 395 g/mol. The largest absolute Gasteiger partial charge is 0.488 e. The number of carbonyl (C=O) groups is 1. The lowest BCUT2D eigenvalue weighted by atomic mass is 9.96. The first-order chi connectivity index (χ1) is 13.4. The average molecular weight is 395 g/mol. The summed E-state index contributed by atoms with van der Waals surface area (Å²) in [6, 6.07) is 1.77. The van der Waals surface area contributed by atoms with E-state index in [1.54, 1.807) is 24.4 Å². The van der Waals surface area contributed by atoms with Crippen molar-refractivity contribution < 1.29 is 22.7 Å². The molecule has 0 bridgehead atoms. The van der Waals surface area contributed by atoms with Crippen LogP contribution in [0.5, 0.6) is 0 Å². The van der Waals surface area contributed by atoms with E-state index in [0.29, 0.717) is 36.6 Å². The molecule has 1 amide bonds. The molecule has 0 atom stereocenters. The topological polar surface area (TPSA) is 63.2 Å². The van der Waals surface area contributed by atoms with Gasteiger partial charge >= 0.3 is 6.18 Å². The molecule has 3 rings (SSSR count). The smallest absolute Gasteiger partial charge is 0.422 e. The first-order valence-corrected chi connectivity index (χ1v) is 9.44. The van der Waals surface area contributed by atoms with Gasteiger partial charge in [0, 0.05) is 25.4 Å². The van der Waals surface area contributed by atoms with E-state index in [1.165, 1.54) is 6.20 Å². The highest BCUT2D eigenvalue weighted by atomic mass is 19.4. The fraction of sp³-hybridized carbons (Fsp3) is 0.500. The predicted molar refractivity (Wildman–Crippen MR) is 99.5 cm³/mol. The molecule has 2 heterocycles. The van der Waals surface area contributed by atoms with Gasteiger partial charge in [0.1, 0.15) is 0 Å². The van der Waals surface area contributed by atoms with Gasteiger partial charge in [-0.05, 0) is 61.5 Å². The third-order valence-corrected chi connectivity index (χ3v) is 4.91. The van der Waals surface area contributed by atoms with Crippen molar-refractivity contribution in [2.45, 2.75) is 31.9 Å². The summed E-state index contributed by atoms with van der Waals surface area (Å²) in [5.41, 5.74) is 2.19. The SMILES string of the molecule is O=C(NCC1CCNCC1)c1cncc(C2=CC=C(OCC(F)(F)F)CC2)c1. The second-order valence-corrected chi connectivity index (χ2v) is 7.09. The highest BCUT2D eigenvalue weighted by Gasteiger charge is 2.29. The molecule has 28 heavy (non-hydrogen) atoms. The maximum Gasteiger partial charge on any atom is 0.422 e. The van der Waals surface area contributed by atoms with Crippen LogP contribution in [0, 0.1) is 5.92 Å². The first-order valence-electron chi connectivity index (χ1n) is 9.44. The molecule has 1 aromatic rings. The quantitative estimate of drug-likeness (QED) is 0.775. The van der Waals surface area contributed by atoms with E-state index in [9.17, 15) is 18.0 Å². The summed E-state index contributed by atoms with van der Waals surface area (Å²) in [7, 11) is 0. The highest BCUT2D eigenvalue weighted by Crippen LogP contribution is 2.28. The summed E-state index contributed by atoms with van der Waals surface area (Å²) in [5.74, 6) is 0.640. The summed E-state index contributed by atoms with van der Waals surface area (Å²) in [5, 5.41) is 6.27. The molecule has 0 saturated carbocycles. The Morgan fingerprint density at radius 1 is 1.21 bits per heavy atom. The van der Waals surface area contributed by atoms with E-state index in [4.69, 9.17) is 4.74 Å². The van der Waals surface area contributed by atoms with E-state index in [0.717, 1.165) is 37.1 Å². The molecule has 8 heteroatoms. The molecule has 1 aromatic heterocycles. The van der Waals surface area contributed by atoms with Gasteiger partial charge in [-0.3, -0.25) is 9.78 Å². The van der Waals surface area contributed by atoms with Gasteiger partial charge in [0.15, 0.2) is 6.61 Å². The molecule has 2 aliphatic rings. The molecule has 1 aliphatic carbocycles. The Hall–Kier alpha value is -2.35. The van der Waals surface area contributed by atoms with Crippen molar-refractivity contribution in [2.24, 2.45) is 5.92 Å². The second-order valence-electron chi connectivity index (χ2n) is 7.09. The van der Waals surface area contributed by atoms with E-state index >= 15 is 0 Å². The minimum Gasteiger partial charge on any atom is -0.488 e. The standard InChI is InChI=1S/C20H24F3N3O2/c21-20(22,23)13-28-18-3-1-15(2-4-18)16-9-17(12-25-11-16)19(27)26-10-14-5-7-24-8-6-14/h1,3,9,11-12,14,24H,2,4-8,10,13H2,(H,26,27). The lowest BCUT2D eigenvalue weighted by Gasteiger charge is -2.22. The van der Waals surface area contributed by atoms with Crippen LogP contribution < -0.4 is 10.6 Å². The molecule has 0 aromatic carbocycles. The number of rotatable bonds is 6. The van der Waals surface area contributed by atoms with Gasteiger partial charge in [0.05, 0.1) is 11.3 Å². The van der Waals surface area contributed by atoms with Crippen LogP contribution in [0.25, 0.3) is 5.57 Å². The number of carbonyl (C=O) groups excluding carboxylic acids is 1. The maximum atomic E-state index is 12.4. The van der Waals surface area contributed by atoms with Crippen molar-refractivity contribution in [1.29, 1.82) is 0 Å². The van der Waals surface area contributed by atoms with E-state index in [2.05, 4.69) is 15.6 Å². The van der Waals surface area contributed by atoms with Gasteiger partial charge in [-0.1, -0.05) is 6.08 Å². The Kier molecular flexibility index (Phi) is 6.72. The molecule has 1 fully saturated rings. The Labute approximate surface area is 162 Å². The minimum absolute atomic E-state index is 0.158. The van der Waals surface area contributed by atoms with Crippen molar-refractivity contribution >= 4 is 11.5 Å². The average Bonchev–Trinajstić information content (AvgIpc) is 2.71.